The highest BCUT2D eigenvalue weighted by Crippen LogP contribution is 2.24. The molecule has 166 valence electrons. The summed E-state index contributed by atoms with van der Waals surface area (Å²) in [4.78, 5) is 32.0. The highest BCUT2D eigenvalue weighted by molar-refractivity contribution is 6.01. The minimum Gasteiger partial charge on any atom is -0.339 e. The van der Waals surface area contributed by atoms with Gasteiger partial charge in [0.1, 0.15) is 0 Å². The molecule has 2 aliphatic heterocycles. The molecule has 7 heteroatoms. The lowest BCUT2D eigenvalue weighted by Gasteiger charge is -2.32. The van der Waals surface area contributed by atoms with Crippen molar-refractivity contribution in [3.05, 3.63) is 59.8 Å². The number of piperidine rings is 1. The number of likely N-dealkylation sites (N-methyl/N-ethyl adjacent to an activating group) is 1. The molecule has 2 saturated heterocycles. The second-order valence-corrected chi connectivity index (χ2v) is 8.79. The van der Waals surface area contributed by atoms with Gasteiger partial charge >= 0.3 is 0 Å². The zero-order valence-corrected chi connectivity index (χ0v) is 18.5. The van der Waals surface area contributed by atoms with Crippen molar-refractivity contribution in [2.45, 2.75) is 19.3 Å². The molecule has 0 unspecified atom stereocenters. The third-order valence-electron chi connectivity index (χ3n) is 6.63. The van der Waals surface area contributed by atoms with Gasteiger partial charge in [-0.05, 0) is 50.6 Å². The van der Waals surface area contributed by atoms with Crippen LogP contribution in [-0.2, 0) is 0 Å². The Kier molecular flexibility index (Phi) is 5.66. The molecule has 0 saturated carbocycles. The number of pyridine rings is 1. The number of carbonyl (C=O) groups is 2. The van der Waals surface area contributed by atoms with Gasteiger partial charge in [-0.1, -0.05) is 18.2 Å². The summed E-state index contributed by atoms with van der Waals surface area (Å²) < 4.78 is 1.83. The molecule has 0 aliphatic carbocycles. The molecule has 0 radical (unpaired) electrons. The Morgan fingerprint density at radius 2 is 1.47 bits per heavy atom. The van der Waals surface area contributed by atoms with Gasteiger partial charge in [0.05, 0.1) is 23.0 Å². The fraction of sp³-hybridized carbons (Fsp3) is 0.400. The largest absolute Gasteiger partial charge is 0.339 e. The van der Waals surface area contributed by atoms with E-state index in [1.165, 1.54) is 6.42 Å². The van der Waals surface area contributed by atoms with Crippen LogP contribution in [-0.4, -0.2) is 82.4 Å². The molecule has 2 aromatic heterocycles. The zero-order chi connectivity index (χ0) is 22.1. The van der Waals surface area contributed by atoms with Crippen LogP contribution in [0.2, 0.25) is 0 Å². The van der Waals surface area contributed by atoms with Crippen LogP contribution in [0.15, 0.2) is 48.7 Å². The van der Waals surface area contributed by atoms with E-state index in [-0.39, 0.29) is 11.8 Å². The number of piperazine rings is 1. The maximum atomic E-state index is 13.0. The van der Waals surface area contributed by atoms with E-state index in [1.54, 1.807) is 6.20 Å². The van der Waals surface area contributed by atoms with Crippen molar-refractivity contribution in [3.63, 3.8) is 0 Å². The predicted octanol–water partition coefficient (Wildman–Crippen LogP) is 3.02. The SMILES string of the molecule is CN1CCN(C(=O)c2ccc(-c3cccc4c(C(=O)N5CCCCC5)cnn34)cc2)CC1. The second kappa shape index (κ2) is 8.74. The molecule has 1 aromatic carbocycles. The minimum atomic E-state index is 0.0602. The average Bonchev–Trinajstić information content (AvgIpc) is 3.29. The number of hydrogen-bond donors (Lipinski definition) is 0. The van der Waals surface area contributed by atoms with Gasteiger partial charge in [0, 0.05) is 50.4 Å². The first-order valence-electron chi connectivity index (χ1n) is 11.5. The van der Waals surface area contributed by atoms with E-state index in [9.17, 15) is 9.59 Å². The number of carbonyl (C=O) groups excluding carboxylic acids is 2. The van der Waals surface area contributed by atoms with Crippen LogP contribution in [0.5, 0.6) is 0 Å². The normalized spacial score (nSPS) is 17.7. The van der Waals surface area contributed by atoms with Crippen molar-refractivity contribution in [3.8, 4) is 11.3 Å². The van der Waals surface area contributed by atoms with Crippen LogP contribution in [0.3, 0.4) is 0 Å². The molecule has 4 heterocycles. The van der Waals surface area contributed by atoms with Gasteiger partial charge in [-0.25, -0.2) is 4.52 Å². The van der Waals surface area contributed by atoms with E-state index in [1.807, 2.05) is 56.8 Å². The van der Waals surface area contributed by atoms with E-state index in [4.69, 9.17) is 0 Å². The fourth-order valence-corrected chi connectivity index (χ4v) is 4.64. The predicted molar refractivity (Wildman–Crippen MR) is 124 cm³/mol. The van der Waals surface area contributed by atoms with Crippen LogP contribution >= 0.6 is 0 Å². The van der Waals surface area contributed by atoms with Crippen molar-refractivity contribution < 1.29 is 9.59 Å². The Morgan fingerprint density at radius 3 is 2.19 bits per heavy atom. The van der Waals surface area contributed by atoms with Crippen LogP contribution < -0.4 is 0 Å². The molecule has 2 fully saturated rings. The maximum Gasteiger partial charge on any atom is 0.257 e. The van der Waals surface area contributed by atoms with Crippen molar-refractivity contribution in [2.75, 3.05) is 46.3 Å². The first kappa shape index (κ1) is 20.7. The van der Waals surface area contributed by atoms with Crippen LogP contribution in [0.1, 0.15) is 40.0 Å². The van der Waals surface area contributed by atoms with Gasteiger partial charge in [0.15, 0.2) is 0 Å². The number of fused-ring (bicyclic) bond motifs is 1. The molecular formula is C25H29N5O2. The van der Waals surface area contributed by atoms with Gasteiger partial charge in [0.2, 0.25) is 0 Å². The van der Waals surface area contributed by atoms with Crippen molar-refractivity contribution in [1.29, 1.82) is 0 Å². The number of hydrogen-bond acceptors (Lipinski definition) is 4. The van der Waals surface area contributed by atoms with Gasteiger partial charge in [-0.15, -0.1) is 0 Å². The molecule has 0 spiro atoms. The highest BCUT2D eigenvalue weighted by atomic mass is 16.2. The third-order valence-corrected chi connectivity index (χ3v) is 6.63. The molecule has 0 atom stereocenters. The topological polar surface area (TPSA) is 61.2 Å². The van der Waals surface area contributed by atoms with Crippen LogP contribution in [0.4, 0.5) is 0 Å². The first-order valence-corrected chi connectivity index (χ1v) is 11.5. The van der Waals surface area contributed by atoms with Crippen molar-refractivity contribution >= 4 is 17.3 Å². The fourth-order valence-electron chi connectivity index (χ4n) is 4.64. The second-order valence-electron chi connectivity index (χ2n) is 8.79. The van der Waals surface area contributed by atoms with Gasteiger partial charge in [-0.3, -0.25) is 9.59 Å². The zero-order valence-electron chi connectivity index (χ0n) is 18.5. The summed E-state index contributed by atoms with van der Waals surface area (Å²) in [5, 5.41) is 4.54. The molecule has 32 heavy (non-hydrogen) atoms. The van der Waals surface area contributed by atoms with Crippen molar-refractivity contribution in [2.24, 2.45) is 0 Å². The van der Waals surface area contributed by atoms with E-state index in [0.717, 1.165) is 68.9 Å². The number of amides is 2. The number of rotatable bonds is 3. The molecule has 3 aromatic rings. The lowest BCUT2D eigenvalue weighted by molar-refractivity contribution is 0.0663. The molecule has 0 N–H and O–H groups in total. The summed E-state index contributed by atoms with van der Waals surface area (Å²) in [6, 6.07) is 13.6. The van der Waals surface area contributed by atoms with Gasteiger partial charge in [-0.2, -0.15) is 5.10 Å². The van der Waals surface area contributed by atoms with E-state index in [0.29, 0.717) is 11.1 Å². The highest BCUT2D eigenvalue weighted by Gasteiger charge is 2.23. The standard InChI is InChI=1S/C25H29N5O2/c1-27-14-16-29(17-15-27)24(31)20-10-8-19(9-11-20)22-6-5-7-23-21(18-26-30(22)23)25(32)28-12-3-2-4-13-28/h5-11,18H,2-4,12-17H2,1H3. The Hall–Kier alpha value is -3.19. The quantitative estimate of drug-likeness (QED) is 0.640. The van der Waals surface area contributed by atoms with Crippen LogP contribution in [0.25, 0.3) is 16.8 Å². The summed E-state index contributed by atoms with van der Waals surface area (Å²) in [5.41, 5.74) is 4.03. The van der Waals surface area contributed by atoms with Gasteiger partial charge < -0.3 is 14.7 Å². The third kappa shape index (κ3) is 3.88. The van der Waals surface area contributed by atoms with E-state index < -0.39 is 0 Å². The Morgan fingerprint density at radius 1 is 0.781 bits per heavy atom. The first-order chi connectivity index (χ1) is 15.6. The summed E-state index contributed by atoms with van der Waals surface area (Å²) in [5.74, 6) is 0.140. The Bertz CT molecular complexity index is 1120. The lowest BCUT2D eigenvalue weighted by atomic mass is 10.1. The van der Waals surface area contributed by atoms with E-state index >= 15 is 0 Å². The maximum absolute atomic E-state index is 13.0. The monoisotopic (exact) mass is 431 g/mol. The Labute approximate surface area is 188 Å². The lowest BCUT2D eigenvalue weighted by Crippen LogP contribution is -2.47. The molecule has 2 aliphatic rings. The number of nitrogens with zero attached hydrogens (tertiary/aromatic N) is 5. The molecule has 2 amide bonds. The Balaban J connectivity index is 1.39. The van der Waals surface area contributed by atoms with Crippen molar-refractivity contribution in [1.82, 2.24) is 24.3 Å². The average molecular weight is 432 g/mol. The summed E-state index contributed by atoms with van der Waals surface area (Å²) in [7, 11) is 2.08. The molecule has 5 rings (SSSR count). The smallest absolute Gasteiger partial charge is 0.257 e. The van der Waals surface area contributed by atoms with Crippen LogP contribution in [0, 0.1) is 0 Å². The molecule has 7 nitrogen and oxygen atoms in total. The minimum absolute atomic E-state index is 0.0602. The number of aromatic nitrogens is 2. The summed E-state index contributed by atoms with van der Waals surface area (Å²) in [6.07, 6.45) is 5.00. The number of likely N-dealkylation sites (tertiary alicyclic amines) is 1. The van der Waals surface area contributed by atoms with Gasteiger partial charge in [0.25, 0.3) is 11.8 Å². The van der Waals surface area contributed by atoms with E-state index in [2.05, 4.69) is 17.0 Å². The summed E-state index contributed by atoms with van der Waals surface area (Å²) in [6.45, 7) is 4.97. The molecular weight excluding hydrogens is 402 g/mol. The number of benzene rings is 1. The summed E-state index contributed by atoms with van der Waals surface area (Å²) >= 11 is 0. The molecule has 0 bridgehead atoms.